The Labute approximate surface area is 198 Å². The van der Waals surface area contributed by atoms with Gasteiger partial charge in [0.2, 0.25) is 5.91 Å². The van der Waals surface area contributed by atoms with E-state index < -0.39 is 0 Å². The quantitative estimate of drug-likeness (QED) is 0.369. The first-order chi connectivity index (χ1) is 16.5. The zero-order valence-electron chi connectivity index (χ0n) is 18.9. The van der Waals surface area contributed by atoms with Gasteiger partial charge in [0, 0.05) is 30.1 Å². The van der Waals surface area contributed by atoms with Crippen molar-refractivity contribution < 1.29 is 9.59 Å². The molecule has 4 N–H and O–H groups in total. The minimum Gasteiger partial charge on any atom is -0.384 e. The standard InChI is InChI=1S/C28H26N4O2/c1-19(23-8-5-9-24(16-23)21-6-3-2-4-7-21)27(33)31-18-20-10-12-22(13-11-20)28(34)32-25-14-15-30-26(29)17-25/h2-17,19H,18H2,1H3,(H,31,33)(H3,29,30,32,34). The van der Waals surface area contributed by atoms with E-state index >= 15 is 0 Å². The molecule has 0 aliphatic heterocycles. The number of nitrogens with zero attached hydrogens (tertiary/aromatic N) is 1. The van der Waals surface area contributed by atoms with Gasteiger partial charge in [-0.15, -0.1) is 0 Å². The van der Waals surface area contributed by atoms with Gasteiger partial charge >= 0.3 is 0 Å². The number of nitrogens with two attached hydrogens (primary N) is 1. The van der Waals surface area contributed by atoms with E-state index in [4.69, 9.17) is 5.73 Å². The second-order valence-corrected chi connectivity index (χ2v) is 8.05. The maximum atomic E-state index is 12.8. The molecule has 6 nitrogen and oxygen atoms in total. The van der Waals surface area contributed by atoms with E-state index in [1.807, 2.05) is 55.5 Å². The van der Waals surface area contributed by atoms with E-state index in [2.05, 4.69) is 33.8 Å². The van der Waals surface area contributed by atoms with Crippen LogP contribution in [0, 0.1) is 0 Å². The Morgan fingerprint density at radius 2 is 1.62 bits per heavy atom. The van der Waals surface area contributed by atoms with Crippen molar-refractivity contribution in [3.8, 4) is 11.1 Å². The van der Waals surface area contributed by atoms with Gasteiger partial charge in [0.25, 0.3) is 5.91 Å². The van der Waals surface area contributed by atoms with Crippen LogP contribution in [-0.4, -0.2) is 16.8 Å². The average Bonchev–Trinajstić information content (AvgIpc) is 2.87. The molecule has 0 saturated heterocycles. The summed E-state index contributed by atoms with van der Waals surface area (Å²) in [5.74, 6) is -0.248. The average molecular weight is 451 g/mol. The molecule has 2 amide bonds. The third-order valence-electron chi connectivity index (χ3n) is 5.61. The molecule has 0 bridgehead atoms. The van der Waals surface area contributed by atoms with Gasteiger partial charge in [-0.2, -0.15) is 0 Å². The van der Waals surface area contributed by atoms with E-state index in [0.717, 1.165) is 22.3 Å². The third kappa shape index (κ3) is 5.66. The molecule has 1 atom stereocenters. The van der Waals surface area contributed by atoms with Crippen LogP contribution in [0.25, 0.3) is 11.1 Å². The van der Waals surface area contributed by atoms with E-state index in [1.165, 1.54) is 6.20 Å². The minimum atomic E-state index is -0.290. The number of pyridine rings is 1. The van der Waals surface area contributed by atoms with Gasteiger partial charge in [-0.3, -0.25) is 9.59 Å². The van der Waals surface area contributed by atoms with Crippen LogP contribution in [0.3, 0.4) is 0 Å². The first-order valence-electron chi connectivity index (χ1n) is 11.0. The predicted octanol–water partition coefficient (Wildman–Crippen LogP) is 5.00. The lowest BCUT2D eigenvalue weighted by Gasteiger charge is -2.14. The number of benzene rings is 3. The summed E-state index contributed by atoms with van der Waals surface area (Å²) in [5, 5.41) is 5.78. The first kappa shape index (κ1) is 22.7. The number of rotatable bonds is 7. The van der Waals surface area contributed by atoms with Crippen molar-refractivity contribution in [1.29, 1.82) is 0 Å². The van der Waals surface area contributed by atoms with Crippen LogP contribution in [0.5, 0.6) is 0 Å². The first-order valence-corrected chi connectivity index (χ1v) is 11.0. The smallest absolute Gasteiger partial charge is 0.255 e. The summed E-state index contributed by atoms with van der Waals surface area (Å²) in [5.41, 5.74) is 10.8. The molecular weight excluding hydrogens is 424 g/mol. The molecule has 6 heteroatoms. The molecule has 3 aromatic carbocycles. The summed E-state index contributed by atoms with van der Waals surface area (Å²) < 4.78 is 0. The fourth-order valence-electron chi connectivity index (χ4n) is 3.62. The highest BCUT2D eigenvalue weighted by molar-refractivity contribution is 6.04. The van der Waals surface area contributed by atoms with Crippen molar-refractivity contribution in [3.05, 3.63) is 114 Å². The van der Waals surface area contributed by atoms with E-state index in [0.29, 0.717) is 23.6 Å². The highest BCUT2D eigenvalue weighted by atomic mass is 16.2. The monoisotopic (exact) mass is 450 g/mol. The van der Waals surface area contributed by atoms with Gasteiger partial charge in [0.05, 0.1) is 5.92 Å². The molecule has 170 valence electrons. The second-order valence-electron chi connectivity index (χ2n) is 8.05. The summed E-state index contributed by atoms with van der Waals surface area (Å²) in [4.78, 5) is 29.1. The van der Waals surface area contributed by atoms with Gasteiger partial charge in [0.1, 0.15) is 5.82 Å². The maximum Gasteiger partial charge on any atom is 0.255 e. The van der Waals surface area contributed by atoms with Gasteiger partial charge in [-0.25, -0.2) is 4.98 Å². The normalized spacial score (nSPS) is 11.4. The zero-order chi connectivity index (χ0) is 23.9. The van der Waals surface area contributed by atoms with Crippen LogP contribution in [0.2, 0.25) is 0 Å². The molecule has 1 heterocycles. The van der Waals surface area contributed by atoms with E-state index in [9.17, 15) is 9.59 Å². The van der Waals surface area contributed by atoms with Crippen LogP contribution in [0.1, 0.15) is 34.3 Å². The SMILES string of the molecule is CC(C(=O)NCc1ccc(C(=O)Nc2ccnc(N)c2)cc1)c1cccc(-c2ccccc2)c1. The predicted molar refractivity (Wildman–Crippen MR) is 135 cm³/mol. The molecule has 4 aromatic rings. The second kappa shape index (κ2) is 10.4. The number of amides is 2. The van der Waals surface area contributed by atoms with Crippen molar-refractivity contribution >= 4 is 23.3 Å². The molecule has 4 rings (SSSR count). The third-order valence-corrected chi connectivity index (χ3v) is 5.61. The fraction of sp³-hybridized carbons (Fsp3) is 0.107. The van der Waals surface area contributed by atoms with Crippen LogP contribution < -0.4 is 16.4 Å². The summed E-state index contributed by atoms with van der Waals surface area (Å²) in [6.45, 7) is 2.28. The van der Waals surface area contributed by atoms with Crippen molar-refractivity contribution in [3.63, 3.8) is 0 Å². The molecule has 34 heavy (non-hydrogen) atoms. The topological polar surface area (TPSA) is 97.1 Å². The van der Waals surface area contributed by atoms with Crippen molar-refractivity contribution in [1.82, 2.24) is 10.3 Å². The number of carbonyl (C=O) groups excluding carboxylic acids is 2. The molecule has 1 aromatic heterocycles. The van der Waals surface area contributed by atoms with Crippen LogP contribution in [0.4, 0.5) is 11.5 Å². The summed E-state index contributed by atoms with van der Waals surface area (Å²) >= 11 is 0. The Hall–Kier alpha value is -4.45. The largest absolute Gasteiger partial charge is 0.384 e. The number of anilines is 2. The number of aromatic nitrogens is 1. The Balaban J connectivity index is 1.34. The van der Waals surface area contributed by atoms with Crippen LogP contribution >= 0.6 is 0 Å². The van der Waals surface area contributed by atoms with Gasteiger partial charge < -0.3 is 16.4 Å². The molecule has 0 aliphatic rings. The highest BCUT2D eigenvalue weighted by Gasteiger charge is 2.16. The van der Waals surface area contributed by atoms with Crippen molar-refractivity contribution in [2.75, 3.05) is 11.1 Å². The van der Waals surface area contributed by atoms with Crippen LogP contribution in [-0.2, 0) is 11.3 Å². The lowest BCUT2D eigenvalue weighted by Crippen LogP contribution is -2.27. The maximum absolute atomic E-state index is 12.8. The Kier molecular flexibility index (Phi) is 6.98. The Morgan fingerprint density at radius 3 is 2.35 bits per heavy atom. The lowest BCUT2D eigenvalue weighted by atomic mass is 9.95. The van der Waals surface area contributed by atoms with Crippen molar-refractivity contribution in [2.24, 2.45) is 0 Å². The zero-order valence-corrected chi connectivity index (χ0v) is 18.9. The molecule has 0 fully saturated rings. The summed E-state index contributed by atoms with van der Waals surface area (Å²) in [6.07, 6.45) is 1.54. The molecule has 0 aliphatic carbocycles. The highest BCUT2D eigenvalue weighted by Crippen LogP contribution is 2.24. The number of carbonyl (C=O) groups is 2. The van der Waals surface area contributed by atoms with E-state index in [-0.39, 0.29) is 17.7 Å². The lowest BCUT2D eigenvalue weighted by molar-refractivity contribution is -0.122. The summed E-state index contributed by atoms with van der Waals surface area (Å²) in [6, 6.07) is 28.5. The summed E-state index contributed by atoms with van der Waals surface area (Å²) in [7, 11) is 0. The number of nitrogen functional groups attached to an aromatic ring is 1. The number of hydrogen-bond donors (Lipinski definition) is 3. The fourth-order valence-corrected chi connectivity index (χ4v) is 3.62. The van der Waals surface area contributed by atoms with E-state index in [1.54, 1.807) is 24.3 Å². The molecule has 1 unspecified atom stereocenters. The van der Waals surface area contributed by atoms with Gasteiger partial charge in [0.15, 0.2) is 0 Å². The van der Waals surface area contributed by atoms with Gasteiger partial charge in [-0.1, -0.05) is 66.7 Å². The molecular formula is C28H26N4O2. The molecule has 0 spiro atoms. The molecule has 0 saturated carbocycles. The van der Waals surface area contributed by atoms with Crippen molar-refractivity contribution in [2.45, 2.75) is 19.4 Å². The Bertz CT molecular complexity index is 1290. The number of hydrogen-bond acceptors (Lipinski definition) is 4. The number of nitrogens with one attached hydrogen (secondary N) is 2. The minimum absolute atomic E-state index is 0.0534. The van der Waals surface area contributed by atoms with Crippen LogP contribution in [0.15, 0.2) is 97.2 Å². The molecule has 0 radical (unpaired) electrons. The Morgan fingerprint density at radius 1 is 0.882 bits per heavy atom. The van der Waals surface area contributed by atoms with Gasteiger partial charge in [-0.05, 0) is 47.4 Å².